The lowest BCUT2D eigenvalue weighted by Crippen LogP contribution is -2.34. The summed E-state index contributed by atoms with van der Waals surface area (Å²) in [6.07, 6.45) is 5.23. The molecule has 1 aliphatic rings. The Morgan fingerprint density at radius 1 is 1.15 bits per heavy atom. The van der Waals surface area contributed by atoms with Crippen molar-refractivity contribution < 1.29 is 0 Å². The number of likely N-dealkylation sites (tertiary alicyclic amines) is 1. The molecular weight excluding hydrogens is 268 g/mol. The molecule has 0 unspecified atom stereocenters. The van der Waals surface area contributed by atoms with Crippen molar-refractivity contribution in [2.75, 3.05) is 26.7 Å². The van der Waals surface area contributed by atoms with E-state index in [9.17, 15) is 0 Å². The monoisotopic (exact) mass is 296 g/mol. The van der Waals surface area contributed by atoms with Gasteiger partial charge < -0.3 is 5.32 Å². The Hall–Kier alpha value is -0.570. The van der Waals surface area contributed by atoms with E-state index in [1.165, 1.54) is 50.0 Å². The first-order valence-electron chi connectivity index (χ1n) is 7.77. The summed E-state index contributed by atoms with van der Waals surface area (Å²) in [4.78, 5) is 2.63. The lowest BCUT2D eigenvalue weighted by atomic mass is 9.93. The first-order valence-corrected chi connectivity index (χ1v) is 7.77. The van der Waals surface area contributed by atoms with Gasteiger partial charge >= 0.3 is 0 Å². The number of hydrogen-bond acceptors (Lipinski definition) is 2. The number of rotatable bonds is 6. The van der Waals surface area contributed by atoms with E-state index in [1.54, 1.807) is 0 Å². The van der Waals surface area contributed by atoms with E-state index in [0.717, 1.165) is 18.9 Å². The van der Waals surface area contributed by atoms with Gasteiger partial charge in [0, 0.05) is 6.54 Å². The van der Waals surface area contributed by atoms with Gasteiger partial charge in [0.1, 0.15) is 0 Å². The highest BCUT2D eigenvalue weighted by Crippen LogP contribution is 2.22. The topological polar surface area (TPSA) is 15.3 Å². The first kappa shape index (κ1) is 17.5. The third-order valence-corrected chi connectivity index (χ3v) is 4.40. The third-order valence-electron chi connectivity index (χ3n) is 4.40. The molecule has 1 saturated heterocycles. The molecule has 1 N–H and O–H groups in total. The van der Waals surface area contributed by atoms with Gasteiger partial charge in [-0.15, -0.1) is 12.4 Å². The van der Waals surface area contributed by atoms with Crippen LogP contribution in [0, 0.1) is 5.92 Å². The van der Waals surface area contributed by atoms with Gasteiger partial charge in [0.05, 0.1) is 0 Å². The highest BCUT2D eigenvalue weighted by Gasteiger charge is 2.19. The normalized spacial score (nSPS) is 16.9. The molecule has 2 nitrogen and oxygen atoms in total. The molecule has 0 aromatic heterocycles. The van der Waals surface area contributed by atoms with E-state index in [-0.39, 0.29) is 12.4 Å². The average Bonchev–Trinajstić information content (AvgIpc) is 2.47. The molecule has 1 heterocycles. The molecule has 0 spiro atoms. The molecule has 1 fully saturated rings. The second-order valence-electron chi connectivity index (χ2n) is 5.73. The molecule has 20 heavy (non-hydrogen) atoms. The summed E-state index contributed by atoms with van der Waals surface area (Å²) in [6.45, 7) is 7.10. The maximum Gasteiger partial charge on any atom is 0.0236 e. The Morgan fingerprint density at radius 3 is 2.40 bits per heavy atom. The second kappa shape index (κ2) is 9.38. The minimum absolute atomic E-state index is 0. The smallest absolute Gasteiger partial charge is 0.0236 e. The third kappa shape index (κ3) is 5.08. The lowest BCUT2D eigenvalue weighted by molar-refractivity contribution is 0.172. The molecule has 1 aromatic rings. The fraction of sp³-hybridized carbons (Fsp3) is 0.647. The number of nitrogens with one attached hydrogen (secondary N) is 1. The van der Waals surface area contributed by atoms with Gasteiger partial charge in [-0.2, -0.15) is 0 Å². The molecule has 0 radical (unpaired) electrons. The van der Waals surface area contributed by atoms with Crippen molar-refractivity contribution in [1.82, 2.24) is 10.2 Å². The largest absolute Gasteiger partial charge is 0.320 e. The van der Waals surface area contributed by atoms with E-state index >= 15 is 0 Å². The molecular formula is C17H29ClN2. The van der Waals surface area contributed by atoms with Gasteiger partial charge in [-0.05, 0) is 69.4 Å². The predicted molar refractivity (Wildman–Crippen MR) is 89.6 cm³/mol. The van der Waals surface area contributed by atoms with Crippen molar-refractivity contribution in [3.8, 4) is 0 Å². The Bertz CT molecular complexity index is 373. The van der Waals surface area contributed by atoms with Crippen LogP contribution in [0.15, 0.2) is 24.3 Å². The van der Waals surface area contributed by atoms with Gasteiger partial charge in [-0.3, -0.25) is 4.90 Å². The Labute approximate surface area is 130 Å². The minimum atomic E-state index is 0. The first-order chi connectivity index (χ1) is 9.33. The SMILES string of the molecule is CCc1ccccc1CN1CCC(CCNC)CC1.Cl. The number of nitrogens with zero attached hydrogens (tertiary/aromatic N) is 1. The van der Waals surface area contributed by atoms with Gasteiger partial charge in [0.2, 0.25) is 0 Å². The van der Waals surface area contributed by atoms with Crippen molar-refractivity contribution in [2.24, 2.45) is 5.92 Å². The zero-order chi connectivity index (χ0) is 13.5. The van der Waals surface area contributed by atoms with Crippen LogP contribution in [-0.4, -0.2) is 31.6 Å². The number of benzene rings is 1. The molecule has 0 amide bonds. The second-order valence-corrected chi connectivity index (χ2v) is 5.73. The van der Waals surface area contributed by atoms with Crippen molar-refractivity contribution in [3.05, 3.63) is 35.4 Å². The minimum Gasteiger partial charge on any atom is -0.320 e. The van der Waals surface area contributed by atoms with Crippen LogP contribution in [0.2, 0.25) is 0 Å². The van der Waals surface area contributed by atoms with Crippen molar-refractivity contribution >= 4 is 12.4 Å². The lowest BCUT2D eigenvalue weighted by Gasteiger charge is -2.32. The average molecular weight is 297 g/mol. The maximum atomic E-state index is 3.27. The molecule has 0 aliphatic carbocycles. The summed E-state index contributed by atoms with van der Waals surface area (Å²) in [6, 6.07) is 8.90. The molecule has 1 aliphatic heterocycles. The zero-order valence-electron chi connectivity index (χ0n) is 12.9. The number of piperidine rings is 1. The van der Waals surface area contributed by atoms with Crippen LogP contribution in [0.1, 0.15) is 37.3 Å². The van der Waals surface area contributed by atoms with Crippen LogP contribution in [0.5, 0.6) is 0 Å². The van der Waals surface area contributed by atoms with Crippen LogP contribution in [0.4, 0.5) is 0 Å². The van der Waals surface area contributed by atoms with Crippen LogP contribution < -0.4 is 5.32 Å². The van der Waals surface area contributed by atoms with Crippen LogP contribution in [0.25, 0.3) is 0 Å². The molecule has 0 saturated carbocycles. The fourth-order valence-electron chi connectivity index (χ4n) is 3.08. The summed E-state index contributed by atoms with van der Waals surface area (Å²) in [7, 11) is 2.05. The van der Waals surface area contributed by atoms with Gasteiger partial charge in [0.15, 0.2) is 0 Å². The summed E-state index contributed by atoms with van der Waals surface area (Å²) >= 11 is 0. The van der Waals surface area contributed by atoms with E-state index in [4.69, 9.17) is 0 Å². The van der Waals surface area contributed by atoms with Gasteiger partial charge in [0.25, 0.3) is 0 Å². The van der Waals surface area contributed by atoms with Crippen LogP contribution in [-0.2, 0) is 13.0 Å². The highest BCUT2D eigenvalue weighted by molar-refractivity contribution is 5.85. The zero-order valence-corrected chi connectivity index (χ0v) is 13.7. The van der Waals surface area contributed by atoms with E-state index in [1.807, 2.05) is 0 Å². The number of halogens is 1. The van der Waals surface area contributed by atoms with E-state index in [2.05, 4.69) is 48.5 Å². The molecule has 1 aromatic carbocycles. The van der Waals surface area contributed by atoms with Gasteiger partial charge in [-0.1, -0.05) is 31.2 Å². The fourth-order valence-corrected chi connectivity index (χ4v) is 3.08. The molecule has 3 heteroatoms. The molecule has 0 bridgehead atoms. The molecule has 114 valence electrons. The standard InChI is InChI=1S/C17H28N2.ClH/c1-3-16-6-4-5-7-17(16)14-19-12-9-15(10-13-19)8-11-18-2;/h4-7,15,18H,3,8-14H2,1-2H3;1H. The Kier molecular flexibility index (Phi) is 8.20. The van der Waals surface area contributed by atoms with Gasteiger partial charge in [-0.25, -0.2) is 0 Å². The Morgan fingerprint density at radius 2 is 1.80 bits per heavy atom. The van der Waals surface area contributed by atoms with Crippen LogP contribution >= 0.6 is 12.4 Å². The summed E-state index contributed by atoms with van der Waals surface area (Å²) in [5, 5.41) is 3.27. The van der Waals surface area contributed by atoms with Crippen molar-refractivity contribution in [2.45, 2.75) is 39.2 Å². The van der Waals surface area contributed by atoms with Crippen LogP contribution in [0.3, 0.4) is 0 Å². The summed E-state index contributed by atoms with van der Waals surface area (Å²) < 4.78 is 0. The molecule has 2 rings (SSSR count). The summed E-state index contributed by atoms with van der Waals surface area (Å²) in [5.74, 6) is 0.935. The molecule has 0 atom stereocenters. The van der Waals surface area contributed by atoms with Crippen molar-refractivity contribution in [3.63, 3.8) is 0 Å². The predicted octanol–water partition coefficient (Wildman–Crippen LogP) is 3.49. The van der Waals surface area contributed by atoms with E-state index in [0.29, 0.717) is 0 Å². The maximum absolute atomic E-state index is 3.27. The Balaban J connectivity index is 0.00000200. The summed E-state index contributed by atoms with van der Waals surface area (Å²) in [5.41, 5.74) is 3.04. The number of aryl methyl sites for hydroxylation is 1. The van der Waals surface area contributed by atoms with E-state index < -0.39 is 0 Å². The quantitative estimate of drug-likeness (QED) is 0.864. The highest BCUT2D eigenvalue weighted by atomic mass is 35.5. The number of hydrogen-bond donors (Lipinski definition) is 1. The van der Waals surface area contributed by atoms with Crippen molar-refractivity contribution in [1.29, 1.82) is 0 Å².